The third-order valence-corrected chi connectivity index (χ3v) is 3.48. The van der Waals surface area contributed by atoms with Gasteiger partial charge in [0.2, 0.25) is 0 Å². The zero-order chi connectivity index (χ0) is 11.2. The maximum Gasteiger partial charge on any atom is 0.307 e. The van der Waals surface area contributed by atoms with E-state index in [4.69, 9.17) is 5.11 Å². The SMILES string of the molecule is Cc1ncccc1[C@@H]1[C@@H](C(=O)O)C1(C)C. The van der Waals surface area contributed by atoms with Crippen molar-refractivity contribution < 1.29 is 9.90 Å². The molecule has 2 atom stereocenters. The monoisotopic (exact) mass is 205 g/mol. The van der Waals surface area contributed by atoms with E-state index in [2.05, 4.69) is 4.98 Å². The van der Waals surface area contributed by atoms with Gasteiger partial charge in [-0.2, -0.15) is 0 Å². The molecule has 1 N–H and O–H groups in total. The number of aryl methyl sites for hydroxylation is 1. The van der Waals surface area contributed by atoms with Gasteiger partial charge in [-0.1, -0.05) is 19.9 Å². The fraction of sp³-hybridized carbons (Fsp3) is 0.500. The molecule has 1 aliphatic carbocycles. The van der Waals surface area contributed by atoms with Crippen molar-refractivity contribution >= 4 is 5.97 Å². The Morgan fingerprint density at radius 1 is 1.53 bits per heavy atom. The molecule has 0 bridgehead atoms. The summed E-state index contributed by atoms with van der Waals surface area (Å²) in [5.74, 6) is -0.850. The third-order valence-electron chi connectivity index (χ3n) is 3.48. The van der Waals surface area contributed by atoms with E-state index < -0.39 is 5.97 Å². The molecule has 0 saturated heterocycles. The van der Waals surface area contributed by atoms with Gasteiger partial charge in [0.25, 0.3) is 0 Å². The van der Waals surface area contributed by atoms with Crippen LogP contribution in [0.25, 0.3) is 0 Å². The van der Waals surface area contributed by atoms with Gasteiger partial charge in [0, 0.05) is 17.8 Å². The summed E-state index contributed by atoms with van der Waals surface area (Å²) in [6.45, 7) is 5.94. The first-order chi connectivity index (χ1) is 6.96. The van der Waals surface area contributed by atoms with Crippen molar-refractivity contribution in [2.75, 3.05) is 0 Å². The molecule has 15 heavy (non-hydrogen) atoms. The van der Waals surface area contributed by atoms with Crippen LogP contribution in [0.2, 0.25) is 0 Å². The Hall–Kier alpha value is -1.38. The van der Waals surface area contributed by atoms with Gasteiger partial charge in [0.05, 0.1) is 5.92 Å². The van der Waals surface area contributed by atoms with Gasteiger partial charge in [-0.15, -0.1) is 0 Å². The highest BCUT2D eigenvalue weighted by molar-refractivity contribution is 5.77. The molecular weight excluding hydrogens is 190 g/mol. The Balaban J connectivity index is 2.36. The highest BCUT2D eigenvalue weighted by atomic mass is 16.4. The van der Waals surface area contributed by atoms with Crippen molar-refractivity contribution in [2.45, 2.75) is 26.7 Å². The van der Waals surface area contributed by atoms with Gasteiger partial charge < -0.3 is 5.11 Å². The molecule has 0 radical (unpaired) electrons. The first kappa shape index (κ1) is 10.1. The molecule has 3 heteroatoms. The standard InChI is InChI=1S/C12H15NO2/c1-7-8(5-4-6-13-7)9-10(11(14)15)12(9,2)3/h4-6,9-10H,1-3H3,(H,14,15)/t9-,10+/m1/s1. The Bertz CT molecular complexity index is 412. The van der Waals surface area contributed by atoms with Crippen molar-refractivity contribution in [3.8, 4) is 0 Å². The largest absolute Gasteiger partial charge is 0.481 e. The van der Waals surface area contributed by atoms with E-state index in [0.717, 1.165) is 11.3 Å². The first-order valence-electron chi connectivity index (χ1n) is 5.10. The molecule has 0 aliphatic heterocycles. The summed E-state index contributed by atoms with van der Waals surface area (Å²) >= 11 is 0. The van der Waals surface area contributed by atoms with E-state index in [9.17, 15) is 4.79 Å². The summed E-state index contributed by atoms with van der Waals surface area (Å²) in [7, 11) is 0. The highest BCUT2D eigenvalue weighted by Crippen LogP contribution is 2.64. The van der Waals surface area contributed by atoms with Gasteiger partial charge in [0.1, 0.15) is 0 Å². The predicted molar refractivity (Wildman–Crippen MR) is 56.6 cm³/mol. The van der Waals surface area contributed by atoms with E-state index in [1.807, 2.05) is 32.9 Å². The third kappa shape index (κ3) is 1.42. The molecule has 3 nitrogen and oxygen atoms in total. The van der Waals surface area contributed by atoms with Crippen molar-refractivity contribution in [2.24, 2.45) is 11.3 Å². The summed E-state index contributed by atoms with van der Waals surface area (Å²) in [5, 5.41) is 9.09. The van der Waals surface area contributed by atoms with Gasteiger partial charge in [-0.05, 0) is 24.0 Å². The van der Waals surface area contributed by atoms with Crippen LogP contribution in [-0.2, 0) is 4.79 Å². The zero-order valence-corrected chi connectivity index (χ0v) is 9.19. The van der Waals surface area contributed by atoms with Crippen LogP contribution in [-0.4, -0.2) is 16.1 Å². The number of hydrogen-bond acceptors (Lipinski definition) is 2. The Kier molecular flexibility index (Phi) is 2.07. The molecule has 1 saturated carbocycles. The smallest absolute Gasteiger partial charge is 0.307 e. The van der Waals surface area contributed by atoms with Gasteiger partial charge in [-0.25, -0.2) is 0 Å². The lowest BCUT2D eigenvalue weighted by molar-refractivity contribution is -0.139. The minimum Gasteiger partial charge on any atom is -0.481 e. The van der Waals surface area contributed by atoms with Crippen molar-refractivity contribution in [1.82, 2.24) is 4.98 Å². The van der Waals surface area contributed by atoms with E-state index in [-0.39, 0.29) is 17.3 Å². The molecule has 0 amide bonds. The number of carboxylic acid groups (broad SMARTS) is 1. The number of aliphatic carboxylic acids is 1. The molecule has 0 unspecified atom stereocenters. The van der Waals surface area contributed by atoms with Crippen LogP contribution in [0.4, 0.5) is 0 Å². The number of aromatic nitrogens is 1. The average Bonchev–Trinajstić information content (AvgIpc) is 2.70. The number of hydrogen-bond donors (Lipinski definition) is 1. The summed E-state index contributed by atoms with van der Waals surface area (Å²) in [5.41, 5.74) is 1.88. The van der Waals surface area contributed by atoms with Crippen molar-refractivity contribution in [3.63, 3.8) is 0 Å². The number of pyridine rings is 1. The molecular formula is C12H15NO2. The normalized spacial score (nSPS) is 27.4. The number of carbonyl (C=O) groups is 1. The topological polar surface area (TPSA) is 50.2 Å². The van der Waals surface area contributed by atoms with Crippen molar-refractivity contribution in [1.29, 1.82) is 0 Å². The molecule has 80 valence electrons. The van der Waals surface area contributed by atoms with Crippen LogP contribution >= 0.6 is 0 Å². The second kappa shape index (κ2) is 3.05. The van der Waals surface area contributed by atoms with E-state index in [1.165, 1.54) is 0 Å². The van der Waals surface area contributed by atoms with Crippen LogP contribution in [0.1, 0.15) is 31.0 Å². The number of nitrogens with zero attached hydrogens (tertiary/aromatic N) is 1. The lowest BCUT2D eigenvalue weighted by Gasteiger charge is -2.04. The zero-order valence-electron chi connectivity index (χ0n) is 9.19. The van der Waals surface area contributed by atoms with E-state index in [0.29, 0.717) is 0 Å². The van der Waals surface area contributed by atoms with E-state index in [1.54, 1.807) is 6.20 Å². The number of rotatable bonds is 2. The first-order valence-corrected chi connectivity index (χ1v) is 5.10. The Morgan fingerprint density at radius 2 is 2.20 bits per heavy atom. The summed E-state index contributed by atoms with van der Waals surface area (Å²) in [4.78, 5) is 15.3. The average molecular weight is 205 g/mol. The quantitative estimate of drug-likeness (QED) is 0.805. The van der Waals surface area contributed by atoms with Crippen LogP contribution in [0.3, 0.4) is 0 Å². The maximum atomic E-state index is 11.1. The fourth-order valence-corrected chi connectivity index (χ4v) is 2.50. The maximum absolute atomic E-state index is 11.1. The molecule has 2 rings (SSSR count). The van der Waals surface area contributed by atoms with Crippen LogP contribution in [0, 0.1) is 18.3 Å². The lowest BCUT2D eigenvalue weighted by Crippen LogP contribution is -2.03. The van der Waals surface area contributed by atoms with Gasteiger partial charge in [0.15, 0.2) is 0 Å². The molecule has 1 aromatic rings. The van der Waals surface area contributed by atoms with Crippen LogP contribution in [0.15, 0.2) is 18.3 Å². The predicted octanol–water partition coefficient (Wildman–Crippen LogP) is 2.21. The molecule has 1 heterocycles. The molecule has 0 spiro atoms. The molecule has 1 aliphatic rings. The van der Waals surface area contributed by atoms with Crippen LogP contribution < -0.4 is 0 Å². The minimum absolute atomic E-state index is 0.115. The van der Waals surface area contributed by atoms with Gasteiger partial charge >= 0.3 is 5.97 Å². The molecule has 1 fully saturated rings. The fourth-order valence-electron chi connectivity index (χ4n) is 2.50. The lowest BCUT2D eigenvalue weighted by atomic mass is 10.0. The molecule has 1 aromatic heterocycles. The number of carboxylic acids is 1. The Morgan fingerprint density at radius 3 is 2.67 bits per heavy atom. The minimum atomic E-state index is -0.701. The Labute approximate surface area is 89.2 Å². The van der Waals surface area contributed by atoms with Gasteiger partial charge in [-0.3, -0.25) is 9.78 Å². The second-order valence-corrected chi connectivity index (χ2v) is 4.79. The summed E-state index contributed by atoms with van der Waals surface area (Å²) in [6.07, 6.45) is 1.74. The molecule has 0 aromatic carbocycles. The van der Waals surface area contributed by atoms with Crippen LogP contribution in [0.5, 0.6) is 0 Å². The summed E-state index contributed by atoms with van der Waals surface area (Å²) < 4.78 is 0. The highest BCUT2D eigenvalue weighted by Gasteiger charge is 2.63. The van der Waals surface area contributed by atoms with Crippen molar-refractivity contribution in [3.05, 3.63) is 29.6 Å². The second-order valence-electron chi connectivity index (χ2n) is 4.79. The van der Waals surface area contributed by atoms with E-state index >= 15 is 0 Å². The summed E-state index contributed by atoms with van der Waals surface area (Å²) in [6, 6.07) is 3.85.